The molecule has 2 N–H and O–H groups in total. The highest BCUT2D eigenvalue weighted by Gasteiger charge is 2.21. The molecule has 1 unspecified atom stereocenters. The molecule has 0 spiro atoms. The van der Waals surface area contributed by atoms with E-state index in [1.165, 1.54) is 6.33 Å². The number of hydrogen-bond donors (Lipinski definition) is 1. The Kier molecular flexibility index (Phi) is 3.57. The lowest BCUT2D eigenvalue weighted by Gasteiger charge is -2.17. The molecular weight excluding hydrogens is 230 g/mol. The molecule has 0 bridgehead atoms. The summed E-state index contributed by atoms with van der Waals surface area (Å²) in [5.41, 5.74) is 7.92. The molecular formula is C12H17N5O. The van der Waals surface area contributed by atoms with Gasteiger partial charge in [-0.3, -0.25) is 4.68 Å². The van der Waals surface area contributed by atoms with Crippen LogP contribution in [0.2, 0.25) is 0 Å². The van der Waals surface area contributed by atoms with Crippen molar-refractivity contribution in [3.63, 3.8) is 0 Å². The number of nitrogens with zero attached hydrogens (tertiary/aromatic N) is 4. The molecule has 6 nitrogen and oxygen atoms in total. The number of ether oxygens (including phenoxy) is 1. The number of methoxy groups -OCH3 is 1. The van der Waals surface area contributed by atoms with Crippen LogP contribution in [0.15, 0.2) is 24.9 Å². The first-order valence-electron chi connectivity index (χ1n) is 5.77. The standard InChI is InChI=1S/C12H17N5O/c1-8(2)17-12(10(18-3)6-16-17)11(13)9-4-14-7-15-5-9/h4-8,11H,13H2,1-3H3. The highest BCUT2D eigenvalue weighted by molar-refractivity contribution is 5.34. The van der Waals surface area contributed by atoms with Gasteiger partial charge in [-0.25, -0.2) is 9.97 Å². The Morgan fingerprint density at radius 3 is 2.44 bits per heavy atom. The van der Waals surface area contributed by atoms with E-state index in [9.17, 15) is 0 Å². The van der Waals surface area contributed by atoms with Crippen molar-refractivity contribution in [1.29, 1.82) is 0 Å². The van der Waals surface area contributed by atoms with Crippen LogP contribution in [0, 0.1) is 0 Å². The van der Waals surface area contributed by atoms with Gasteiger partial charge in [0.15, 0.2) is 5.75 Å². The summed E-state index contributed by atoms with van der Waals surface area (Å²) >= 11 is 0. The molecule has 0 aliphatic carbocycles. The largest absolute Gasteiger partial charge is 0.493 e. The summed E-state index contributed by atoms with van der Waals surface area (Å²) in [5.74, 6) is 0.681. The first-order chi connectivity index (χ1) is 8.65. The maximum absolute atomic E-state index is 6.25. The van der Waals surface area contributed by atoms with E-state index in [2.05, 4.69) is 15.1 Å². The summed E-state index contributed by atoms with van der Waals surface area (Å²) in [7, 11) is 1.61. The SMILES string of the molecule is COc1cnn(C(C)C)c1C(N)c1cncnc1. The zero-order valence-electron chi connectivity index (χ0n) is 10.7. The van der Waals surface area contributed by atoms with Crippen LogP contribution in [0.4, 0.5) is 0 Å². The van der Waals surface area contributed by atoms with E-state index in [1.54, 1.807) is 25.7 Å². The van der Waals surface area contributed by atoms with Gasteiger partial charge in [-0.1, -0.05) is 0 Å². The van der Waals surface area contributed by atoms with Gasteiger partial charge in [-0.2, -0.15) is 5.10 Å². The van der Waals surface area contributed by atoms with E-state index < -0.39 is 0 Å². The third kappa shape index (κ3) is 2.19. The Bertz CT molecular complexity index is 508. The lowest BCUT2D eigenvalue weighted by molar-refractivity contribution is 0.400. The molecule has 1 atom stereocenters. The average Bonchev–Trinajstić information content (AvgIpc) is 2.82. The summed E-state index contributed by atoms with van der Waals surface area (Å²) in [4.78, 5) is 7.97. The Balaban J connectivity index is 2.46. The van der Waals surface area contributed by atoms with Crippen LogP contribution in [0.3, 0.4) is 0 Å². The fraction of sp³-hybridized carbons (Fsp3) is 0.417. The monoisotopic (exact) mass is 247 g/mol. The molecule has 0 amide bonds. The van der Waals surface area contributed by atoms with E-state index in [4.69, 9.17) is 10.5 Å². The first kappa shape index (κ1) is 12.5. The van der Waals surface area contributed by atoms with Gasteiger partial charge in [-0.05, 0) is 13.8 Å². The summed E-state index contributed by atoms with van der Waals surface area (Å²) in [6.07, 6.45) is 6.57. The number of rotatable bonds is 4. The summed E-state index contributed by atoms with van der Waals surface area (Å²) < 4.78 is 7.17. The van der Waals surface area contributed by atoms with Crippen LogP contribution >= 0.6 is 0 Å². The van der Waals surface area contributed by atoms with Gasteiger partial charge in [0.05, 0.1) is 19.3 Å². The normalized spacial score (nSPS) is 12.7. The summed E-state index contributed by atoms with van der Waals surface area (Å²) in [5, 5.41) is 4.30. The van der Waals surface area contributed by atoms with Crippen molar-refractivity contribution in [3.8, 4) is 5.75 Å². The van der Waals surface area contributed by atoms with Crippen LogP contribution in [0.1, 0.15) is 37.2 Å². The van der Waals surface area contributed by atoms with Crippen molar-refractivity contribution in [2.45, 2.75) is 25.9 Å². The van der Waals surface area contributed by atoms with Crippen LogP contribution in [-0.4, -0.2) is 26.9 Å². The maximum atomic E-state index is 6.25. The number of nitrogens with two attached hydrogens (primary N) is 1. The van der Waals surface area contributed by atoms with Gasteiger partial charge in [0.2, 0.25) is 0 Å². The second-order valence-electron chi connectivity index (χ2n) is 4.29. The maximum Gasteiger partial charge on any atom is 0.161 e. The Morgan fingerprint density at radius 1 is 1.22 bits per heavy atom. The van der Waals surface area contributed by atoms with Crippen molar-refractivity contribution >= 4 is 0 Å². The highest BCUT2D eigenvalue weighted by atomic mass is 16.5. The molecule has 0 saturated carbocycles. The Morgan fingerprint density at radius 2 is 1.89 bits per heavy atom. The molecule has 2 aromatic rings. The van der Waals surface area contributed by atoms with E-state index >= 15 is 0 Å². The smallest absolute Gasteiger partial charge is 0.161 e. The lowest BCUT2D eigenvalue weighted by Crippen LogP contribution is -2.19. The molecule has 0 aliphatic heterocycles. The van der Waals surface area contributed by atoms with Gasteiger partial charge in [0.25, 0.3) is 0 Å². The van der Waals surface area contributed by atoms with Crippen molar-refractivity contribution in [2.75, 3.05) is 7.11 Å². The second kappa shape index (κ2) is 5.14. The Labute approximate surface area is 106 Å². The fourth-order valence-electron chi connectivity index (χ4n) is 1.85. The van der Waals surface area contributed by atoms with Crippen LogP contribution in [-0.2, 0) is 0 Å². The molecule has 18 heavy (non-hydrogen) atoms. The van der Waals surface area contributed by atoms with Crippen molar-refractivity contribution in [1.82, 2.24) is 19.7 Å². The van der Waals surface area contributed by atoms with Crippen molar-refractivity contribution in [3.05, 3.63) is 36.2 Å². The third-order valence-electron chi connectivity index (χ3n) is 2.74. The highest BCUT2D eigenvalue weighted by Crippen LogP contribution is 2.29. The van der Waals surface area contributed by atoms with Gasteiger partial charge in [-0.15, -0.1) is 0 Å². The minimum Gasteiger partial charge on any atom is -0.493 e. The molecule has 0 aliphatic rings. The predicted octanol–water partition coefficient (Wildman–Crippen LogP) is 1.31. The first-order valence-corrected chi connectivity index (χ1v) is 5.77. The zero-order valence-corrected chi connectivity index (χ0v) is 10.7. The van der Waals surface area contributed by atoms with Crippen LogP contribution in [0.25, 0.3) is 0 Å². The van der Waals surface area contributed by atoms with Crippen molar-refractivity contribution in [2.24, 2.45) is 5.73 Å². The van der Waals surface area contributed by atoms with Gasteiger partial charge >= 0.3 is 0 Å². The Hall–Kier alpha value is -1.95. The van der Waals surface area contributed by atoms with Gasteiger partial charge in [0.1, 0.15) is 12.0 Å². The minimum atomic E-state index is -0.356. The number of aromatic nitrogens is 4. The molecule has 96 valence electrons. The lowest BCUT2D eigenvalue weighted by atomic mass is 10.1. The molecule has 0 fully saturated rings. The average molecular weight is 247 g/mol. The van der Waals surface area contributed by atoms with Gasteiger partial charge in [0, 0.05) is 24.0 Å². The van der Waals surface area contributed by atoms with Crippen molar-refractivity contribution < 1.29 is 4.74 Å². The summed E-state index contributed by atoms with van der Waals surface area (Å²) in [6, 6.07) is -0.148. The van der Waals surface area contributed by atoms with E-state index in [0.29, 0.717) is 5.75 Å². The van der Waals surface area contributed by atoms with E-state index in [-0.39, 0.29) is 12.1 Å². The molecule has 2 rings (SSSR count). The molecule has 2 heterocycles. The molecule has 6 heteroatoms. The molecule has 0 saturated heterocycles. The second-order valence-corrected chi connectivity index (χ2v) is 4.29. The molecule has 0 radical (unpaired) electrons. The van der Waals surface area contributed by atoms with Crippen LogP contribution in [0.5, 0.6) is 5.75 Å². The van der Waals surface area contributed by atoms with Gasteiger partial charge < -0.3 is 10.5 Å². The third-order valence-corrected chi connectivity index (χ3v) is 2.74. The van der Waals surface area contributed by atoms with Crippen LogP contribution < -0.4 is 10.5 Å². The predicted molar refractivity (Wildman–Crippen MR) is 67.2 cm³/mol. The number of hydrogen-bond acceptors (Lipinski definition) is 5. The minimum absolute atomic E-state index is 0.208. The van der Waals surface area contributed by atoms with E-state index in [0.717, 1.165) is 11.3 Å². The fourth-order valence-corrected chi connectivity index (χ4v) is 1.85. The van der Waals surface area contributed by atoms with E-state index in [1.807, 2.05) is 18.5 Å². The topological polar surface area (TPSA) is 78.9 Å². The zero-order chi connectivity index (χ0) is 13.1. The molecule has 2 aromatic heterocycles. The summed E-state index contributed by atoms with van der Waals surface area (Å²) in [6.45, 7) is 4.09. The quantitative estimate of drug-likeness (QED) is 0.881. The molecule has 0 aromatic carbocycles.